The molecule has 0 aliphatic rings. The Hall–Kier alpha value is -1.81. The lowest BCUT2D eigenvalue weighted by molar-refractivity contribution is 0.0746. The van der Waals surface area contributed by atoms with E-state index in [0.717, 1.165) is 17.7 Å². The fourth-order valence-electron chi connectivity index (χ4n) is 1.97. The van der Waals surface area contributed by atoms with Crippen LogP contribution in [0.3, 0.4) is 0 Å². The number of carbonyl (C=O) groups is 1. The summed E-state index contributed by atoms with van der Waals surface area (Å²) in [5, 5.41) is 7.61. The molecule has 0 spiro atoms. The number of aromatic nitrogens is 2. The minimum Gasteiger partial charge on any atom is -0.333 e. The number of halogens is 1. The zero-order valence-electron chi connectivity index (χ0n) is 11.7. The van der Waals surface area contributed by atoms with Gasteiger partial charge in [-0.2, -0.15) is 5.10 Å². The molecular formula is C15H18ClN3O. The number of benzene rings is 1. The van der Waals surface area contributed by atoms with Gasteiger partial charge in [0.15, 0.2) is 0 Å². The minimum atomic E-state index is -0.0802. The molecule has 20 heavy (non-hydrogen) atoms. The lowest BCUT2D eigenvalue weighted by Crippen LogP contribution is -2.30. The third kappa shape index (κ3) is 3.20. The van der Waals surface area contributed by atoms with Crippen LogP contribution in [0.15, 0.2) is 30.3 Å². The monoisotopic (exact) mass is 291 g/mol. The van der Waals surface area contributed by atoms with Gasteiger partial charge in [0.05, 0.1) is 0 Å². The maximum atomic E-state index is 12.4. The number of H-pyrrole nitrogens is 1. The molecule has 0 unspecified atom stereocenters. The highest BCUT2D eigenvalue weighted by Crippen LogP contribution is 2.18. The average molecular weight is 292 g/mol. The highest BCUT2D eigenvalue weighted by atomic mass is 35.5. The lowest BCUT2D eigenvalue weighted by Gasteiger charge is -2.20. The summed E-state index contributed by atoms with van der Waals surface area (Å²) < 4.78 is 0. The molecule has 0 bridgehead atoms. The second-order valence-corrected chi connectivity index (χ2v) is 4.95. The van der Waals surface area contributed by atoms with Crippen molar-refractivity contribution >= 4 is 17.5 Å². The first-order chi connectivity index (χ1) is 9.65. The zero-order valence-corrected chi connectivity index (χ0v) is 12.4. The molecule has 0 aliphatic heterocycles. The summed E-state index contributed by atoms with van der Waals surface area (Å²) in [6.45, 7) is 5.06. The zero-order chi connectivity index (χ0) is 14.5. The van der Waals surface area contributed by atoms with E-state index in [0.29, 0.717) is 23.8 Å². The number of aromatic amines is 1. The Kier molecular flexibility index (Phi) is 4.79. The number of hydrogen-bond donors (Lipinski definition) is 1. The summed E-state index contributed by atoms with van der Waals surface area (Å²) in [4.78, 5) is 14.2. The topological polar surface area (TPSA) is 49.0 Å². The summed E-state index contributed by atoms with van der Waals surface area (Å²) >= 11 is 6.14. The number of nitrogens with one attached hydrogen (secondary N) is 1. The first-order valence-corrected chi connectivity index (χ1v) is 7.10. The molecule has 0 fully saturated rings. The molecule has 1 N–H and O–H groups in total. The van der Waals surface area contributed by atoms with Crippen molar-refractivity contribution in [2.75, 3.05) is 6.54 Å². The van der Waals surface area contributed by atoms with Gasteiger partial charge in [-0.3, -0.25) is 9.89 Å². The van der Waals surface area contributed by atoms with Gasteiger partial charge < -0.3 is 4.90 Å². The SMILES string of the molecule is CCc1cc(C(=O)N(CC)Cc2ccccc2Cl)n[nH]1. The van der Waals surface area contributed by atoms with Gasteiger partial charge in [0.2, 0.25) is 0 Å². The van der Waals surface area contributed by atoms with Crippen LogP contribution in [-0.4, -0.2) is 27.5 Å². The molecule has 0 saturated carbocycles. The number of nitrogens with zero attached hydrogens (tertiary/aromatic N) is 2. The molecule has 1 amide bonds. The number of hydrogen-bond acceptors (Lipinski definition) is 2. The van der Waals surface area contributed by atoms with Crippen LogP contribution in [0.4, 0.5) is 0 Å². The van der Waals surface area contributed by atoms with E-state index in [-0.39, 0.29) is 5.91 Å². The highest BCUT2D eigenvalue weighted by Gasteiger charge is 2.18. The highest BCUT2D eigenvalue weighted by molar-refractivity contribution is 6.31. The third-order valence-corrected chi connectivity index (χ3v) is 3.59. The smallest absolute Gasteiger partial charge is 0.274 e. The number of rotatable bonds is 5. The van der Waals surface area contributed by atoms with Gasteiger partial charge in [-0.15, -0.1) is 0 Å². The van der Waals surface area contributed by atoms with Crippen LogP contribution in [0.2, 0.25) is 5.02 Å². The predicted molar refractivity (Wildman–Crippen MR) is 79.8 cm³/mol. The first-order valence-electron chi connectivity index (χ1n) is 6.72. The fourth-order valence-corrected chi connectivity index (χ4v) is 2.17. The van der Waals surface area contributed by atoms with E-state index < -0.39 is 0 Å². The molecule has 5 heteroatoms. The molecule has 2 rings (SSSR count). The fraction of sp³-hybridized carbons (Fsp3) is 0.333. The van der Waals surface area contributed by atoms with Gasteiger partial charge in [-0.1, -0.05) is 36.7 Å². The van der Waals surface area contributed by atoms with Crippen molar-refractivity contribution in [2.24, 2.45) is 0 Å². The Morgan fingerprint density at radius 2 is 2.10 bits per heavy atom. The normalized spacial score (nSPS) is 10.6. The molecule has 4 nitrogen and oxygen atoms in total. The van der Waals surface area contributed by atoms with Crippen LogP contribution in [0.1, 0.15) is 35.6 Å². The van der Waals surface area contributed by atoms with E-state index >= 15 is 0 Å². The molecule has 2 aromatic rings. The van der Waals surface area contributed by atoms with Gasteiger partial charge in [0.1, 0.15) is 5.69 Å². The van der Waals surface area contributed by atoms with Crippen LogP contribution >= 0.6 is 11.6 Å². The maximum absolute atomic E-state index is 12.4. The Bertz CT molecular complexity index is 594. The summed E-state index contributed by atoms with van der Waals surface area (Å²) in [6.07, 6.45) is 0.830. The van der Waals surface area contributed by atoms with Gasteiger partial charge in [0.25, 0.3) is 5.91 Å². The van der Waals surface area contributed by atoms with E-state index in [9.17, 15) is 4.79 Å². The molecule has 1 aromatic carbocycles. The summed E-state index contributed by atoms with van der Waals surface area (Å²) in [5.74, 6) is -0.0802. The summed E-state index contributed by atoms with van der Waals surface area (Å²) in [6, 6.07) is 9.37. The van der Waals surface area contributed by atoms with Crippen molar-refractivity contribution in [1.29, 1.82) is 0 Å². The molecule has 1 aromatic heterocycles. The predicted octanol–water partition coefficient (Wildman–Crippen LogP) is 3.29. The molecule has 106 valence electrons. The van der Waals surface area contributed by atoms with E-state index in [2.05, 4.69) is 10.2 Å². The maximum Gasteiger partial charge on any atom is 0.274 e. The second kappa shape index (κ2) is 6.57. The summed E-state index contributed by atoms with van der Waals surface area (Å²) in [5.41, 5.74) is 2.36. The Balaban J connectivity index is 2.15. The van der Waals surface area contributed by atoms with Crippen LogP contribution in [-0.2, 0) is 13.0 Å². The van der Waals surface area contributed by atoms with Gasteiger partial charge in [0, 0.05) is 23.8 Å². The minimum absolute atomic E-state index is 0.0802. The molecule has 0 radical (unpaired) electrons. The summed E-state index contributed by atoms with van der Waals surface area (Å²) in [7, 11) is 0. The number of aryl methyl sites for hydroxylation is 1. The molecule has 1 heterocycles. The molecule has 0 saturated heterocycles. The van der Waals surface area contributed by atoms with E-state index in [1.807, 2.05) is 38.1 Å². The van der Waals surface area contributed by atoms with Crippen molar-refractivity contribution in [3.05, 3.63) is 52.3 Å². The third-order valence-electron chi connectivity index (χ3n) is 3.22. The number of amides is 1. The lowest BCUT2D eigenvalue weighted by atomic mass is 10.2. The average Bonchev–Trinajstić information content (AvgIpc) is 2.94. The molecule has 0 atom stereocenters. The first kappa shape index (κ1) is 14.6. The van der Waals surface area contributed by atoms with Crippen molar-refractivity contribution in [1.82, 2.24) is 15.1 Å². The molecule has 0 aliphatic carbocycles. The quantitative estimate of drug-likeness (QED) is 0.919. The second-order valence-electron chi connectivity index (χ2n) is 4.54. The van der Waals surface area contributed by atoms with E-state index in [1.54, 1.807) is 11.0 Å². The van der Waals surface area contributed by atoms with Crippen molar-refractivity contribution in [3.63, 3.8) is 0 Å². The van der Waals surface area contributed by atoms with Crippen LogP contribution in [0.5, 0.6) is 0 Å². The van der Waals surface area contributed by atoms with Gasteiger partial charge >= 0.3 is 0 Å². The van der Waals surface area contributed by atoms with Crippen molar-refractivity contribution < 1.29 is 4.79 Å². The van der Waals surface area contributed by atoms with Gasteiger partial charge in [-0.25, -0.2) is 0 Å². The Labute approximate surface area is 123 Å². The van der Waals surface area contributed by atoms with E-state index in [4.69, 9.17) is 11.6 Å². The van der Waals surface area contributed by atoms with Crippen molar-refractivity contribution in [2.45, 2.75) is 26.8 Å². The van der Waals surface area contributed by atoms with E-state index in [1.165, 1.54) is 0 Å². The number of carbonyl (C=O) groups excluding carboxylic acids is 1. The van der Waals surface area contributed by atoms with Crippen LogP contribution in [0.25, 0.3) is 0 Å². The Morgan fingerprint density at radius 3 is 2.70 bits per heavy atom. The van der Waals surface area contributed by atoms with Crippen LogP contribution < -0.4 is 0 Å². The molecular weight excluding hydrogens is 274 g/mol. The Morgan fingerprint density at radius 1 is 1.35 bits per heavy atom. The van der Waals surface area contributed by atoms with Crippen molar-refractivity contribution in [3.8, 4) is 0 Å². The van der Waals surface area contributed by atoms with Gasteiger partial charge in [-0.05, 0) is 31.0 Å². The largest absolute Gasteiger partial charge is 0.333 e. The standard InChI is InChI=1S/C15H18ClN3O/c1-3-12-9-14(18-17-12)15(20)19(4-2)10-11-7-5-6-8-13(11)16/h5-9H,3-4,10H2,1-2H3,(H,17,18). The van der Waals surface area contributed by atoms with Crippen LogP contribution in [0, 0.1) is 0 Å².